The summed E-state index contributed by atoms with van der Waals surface area (Å²) in [6.07, 6.45) is 3.84. The van der Waals surface area contributed by atoms with Crippen molar-refractivity contribution in [3.63, 3.8) is 0 Å². The molecule has 0 bridgehead atoms. The van der Waals surface area contributed by atoms with Gasteiger partial charge in [-0.05, 0) is 35.4 Å². The predicted octanol–water partition coefficient (Wildman–Crippen LogP) is 0.969. The molecule has 0 radical (unpaired) electrons. The van der Waals surface area contributed by atoms with Crippen LogP contribution < -0.4 is 19.6 Å². The molecule has 0 aromatic heterocycles. The van der Waals surface area contributed by atoms with E-state index in [1.807, 2.05) is 36.4 Å². The van der Waals surface area contributed by atoms with Gasteiger partial charge in [-0.1, -0.05) is 24.3 Å². The van der Waals surface area contributed by atoms with Gasteiger partial charge >= 0.3 is 10.4 Å². The molecule has 8 heteroatoms. The summed E-state index contributed by atoms with van der Waals surface area (Å²) in [6.45, 7) is 0. The van der Waals surface area contributed by atoms with Crippen molar-refractivity contribution in [2.75, 3.05) is 7.11 Å². The second kappa shape index (κ2) is 9.33. The summed E-state index contributed by atoms with van der Waals surface area (Å²) in [5, 5.41) is 3.44. The Bertz CT molecular complexity index is 918. The normalized spacial score (nSPS) is 12.7. The lowest BCUT2D eigenvalue weighted by Crippen LogP contribution is -2.84. The van der Waals surface area contributed by atoms with E-state index in [4.69, 9.17) is 9.29 Å². The molecule has 0 fully saturated rings. The summed E-state index contributed by atoms with van der Waals surface area (Å²) in [6, 6.07) is 13.8. The monoisotopic (exact) mass is 390 g/mol. The fraction of sp³-hybridized carbons (Fsp3) is 0.0526. The third kappa shape index (κ3) is 6.54. The molecular weight excluding hydrogens is 368 g/mol. The molecule has 5 N–H and O–H groups in total. The topological polar surface area (TPSA) is 106 Å². The number of ether oxygens (including phenoxy) is 1. The van der Waals surface area contributed by atoms with Crippen molar-refractivity contribution in [3.8, 4) is 11.5 Å². The van der Waals surface area contributed by atoms with Crippen LogP contribution in [-0.4, -0.2) is 20.1 Å². The van der Waals surface area contributed by atoms with Crippen molar-refractivity contribution < 1.29 is 32.5 Å². The second-order valence-electron chi connectivity index (χ2n) is 5.46. The van der Waals surface area contributed by atoms with E-state index < -0.39 is 10.4 Å². The summed E-state index contributed by atoms with van der Waals surface area (Å²) in [7, 11) is 4.79. The zero-order valence-corrected chi connectivity index (χ0v) is 15.6. The number of hydrogen-bond acceptors (Lipinski definition) is 4. The highest BCUT2D eigenvalue weighted by molar-refractivity contribution is 7.81. The zero-order valence-electron chi connectivity index (χ0n) is 14.8. The first-order valence-corrected chi connectivity index (χ1v) is 9.31. The minimum absolute atomic E-state index is 0.0209. The third-order valence-electron chi connectivity index (χ3n) is 3.61. The number of benzene rings is 2. The summed E-state index contributed by atoms with van der Waals surface area (Å²) in [4.78, 5) is 0. The highest BCUT2D eigenvalue weighted by Gasteiger charge is 2.09. The summed E-state index contributed by atoms with van der Waals surface area (Å²) >= 11 is 0. The molecule has 0 spiro atoms. The van der Waals surface area contributed by atoms with Gasteiger partial charge in [-0.25, -0.2) is 0 Å². The van der Waals surface area contributed by atoms with E-state index in [2.05, 4.69) is 18.3 Å². The fourth-order valence-corrected chi connectivity index (χ4v) is 2.67. The van der Waals surface area contributed by atoms with Crippen LogP contribution in [0.15, 0.2) is 59.9 Å². The number of rotatable bonds is 8. The number of hydrogen-bond donors (Lipinski definition) is 3. The number of nitrogens with two attached hydrogens (primary N) is 2. The first-order chi connectivity index (χ1) is 12.8. The van der Waals surface area contributed by atoms with Crippen molar-refractivity contribution in [3.05, 3.63) is 85.1 Å². The first-order valence-electron chi connectivity index (χ1n) is 7.94. The van der Waals surface area contributed by atoms with E-state index in [-0.39, 0.29) is 5.75 Å². The molecule has 0 saturated carbocycles. The Hall–Kier alpha value is -2.65. The van der Waals surface area contributed by atoms with E-state index in [9.17, 15) is 8.42 Å². The summed E-state index contributed by atoms with van der Waals surface area (Å²) < 4.78 is 39.7. The van der Waals surface area contributed by atoms with Crippen LogP contribution in [0.5, 0.6) is 11.5 Å². The van der Waals surface area contributed by atoms with E-state index in [1.165, 1.54) is 12.1 Å². The average Bonchev–Trinajstić information content (AvgIpc) is 2.65. The van der Waals surface area contributed by atoms with E-state index >= 15 is 0 Å². The van der Waals surface area contributed by atoms with Crippen LogP contribution in [0.4, 0.5) is 0 Å². The Morgan fingerprint density at radius 2 is 1.30 bits per heavy atom. The highest BCUT2D eigenvalue weighted by atomic mass is 32.3. The van der Waals surface area contributed by atoms with Crippen molar-refractivity contribution in [2.24, 2.45) is 0 Å². The maximum absolute atomic E-state index is 10.7. The molecule has 0 aliphatic rings. The minimum atomic E-state index is -4.54. The van der Waals surface area contributed by atoms with Crippen LogP contribution in [0.25, 0.3) is 12.2 Å². The van der Waals surface area contributed by atoms with Crippen molar-refractivity contribution in [2.45, 2.75) is 0 Å². The number of quaternary nitrogens is 2. The first kappa shape index (κ1) is 20.7. The van der Waals surface area contributed by atoms with Gasteiger partial charge < -0.3 is 19.6 Å². The smallest absolute Gasteiger partial charge is 0.446 e. The van der Waals surface area contributed by atoms with Gasteiger partial charge in [0.2, 0.25) is 0 Å². The largest absolute Gasteiger partial charge is 0.497 e. The van der Waals surface area contributed by atoms with Crippen molar-refractivity contribution in [1.29, 1.82) is 0 Å². The molecule has 144 valence electrons. The van der Waals surface area contributed by atoms with Gasteiger partial charge in [0.05, 0.1) is 7.11 Å². The fourth-order valence-electron chi connectivity index (χ4n) is 2.32. The highest BCUT2D eigenvalue weighted by Crippen LogP contribution is 2.17. The lowest BCUT2D eigenvalue weighted by Gasteiger charge is -2.10. The van der Waals surface area contributed by atoms with E-state index in [1.54, 1.807) is 29.9 Å². The maximum Gasteiger partial charge on any atom is 0.446 e. The van der Waals surface area contributed by atoms with Gasteiger partial charge in [-0.2, -0.15) is 8.42 Å². The molecule has 0 amide bonds. The molecule has 2 rings (SSSR count). The molecule has 0 saturated heterocycles. The maximum atomic E-state index is 10.7. The lowest BCUT2D eigenvalue weighted by molar-refractivity contribution is -0.594. The van der Waals surface area contributed by atoms with Gasteiger partial charge in [-0.3, -0.25) is 4.55 Å². The Kier molecular flexibility index (Phi) is 7.14. The molecule has 2 aromatic rings. The van der Waals surface area contributed by atoms with Crippen molar-refractivity contribution in [1.82, 2.24) is 0 Å². The number of methoxy groups -OCH3 is 1. The van der Waals surface area contributed by atoms with E-state index in [0.717, 1.165) is 28.3 Å². The van der Waals surface area contributed by atoms with Crippen molar-refractivity contribution >= 4 is 22.6 Å². The summed E-state index contributed by atoms with van der Waals surface area (Å²) in [5.41, 5.74) is 3.49. The second-order valence-corrected chi connectivity index (χ2v) is 6.48. The quantitative estimate of drug-likeness (QED) is 0.354. The van der Waals surface area contributed by atoms with Gasteiger partial charge in [0.25, 0.3) is 0 Å². The third-order valence-corrected chi connectivity index (χ3v) is 4.02. The SMILES string of the molecule is [CH2-][NH2+]C(=Cc1ccc(OC)cc1)C(=Cc1ccc(OS(=O)(=O)O)cc1)[NH2+][CH2-]. The van der Waals surface area contributed by atoms with Crippen LogP contribution in [0.3, 0.4) is 0 Å². The standard InChI is InChI=1S/C19H22N2O5S/c1-20-18(12-14-4-8-16(25-3)9-5-14)19(21-2)13-15-6-10-17(11-7-15)26-27(22,23)24/h4-13H,1-2,20-21H2,3H3,(H,22,23,24). The average molecular weight is 390 g/mol. The molecule has 0 aliphatic carbocycles. The lowest BCUT2D eigenvalue weighted by atomic mass is 10.1. The van der Waals surface area contributed by atoms with Crippen LogP contribution in [0.1, 0.15) is 11.1 Å². The van der Waals surface area contributed by atoms with Crippen LogP contribution in [0.2, 0.25) is 0 Å². The van der Waals surface area contributed by atoms with E-state index in [0.29, 0.717) is 0 Å². The molecule has 0 heterocycles. The van der Waals surface area contributed by atoms with Gasteiger partial charge in [0.1, 0.15) is 11.5 Å². The van der Waals surface area contributed by atoms with Gasteiger partial charge in [0, 0.05) is 12.2 Å². The zero-order chi connectivity index (χ0) is 19.9. The van der Waals surface area contributed by atoms with Gasteiger partial charge in [0.15, 0.2) is 11.4 Å². The molecule has 7 nitrogen and oxygen atoms in total. The van der Waals surface area contributed by atoms with Gasteiger partial charge in [-0.15, -0.1) is 14.1 Å². The Morgan fingerprint density at radius 3 is 1.63 bits per heavy atom. The molecular formula is C19H22N2O5S. The molecule has 2 aromatic carbocycles. The molecule has 27 heavy (non-hydrogen) atoms. The van der Waals surface area contributed by atoms with Crippen LogP contribution in [0, 0.1) is 14.1 Å². The Morgan fingerprint density at radius 1 is 0.889 bits per heavy atom. The summed E-state index contributed by atoms with van der Waals surface area (Å²) in [5.74, 6) is 0.798. The minimum Gasteiger partial charge on any atom is -0.497 e. The Labute approximate surface area is 159 Å². The van der Waals surface area contributed by atoms with Crippen LogP contribution in [-0.2, 0) is 10.4 Å². The Balaban J connectivity index is 2.27. The van der Waals surface area contributed by atoms with Crippen LogP contribution >= 0.6 is 0 Å². The molecule has 0 aliphatic heterocycles. The molecule has 0 atom stereocenters. The molecule has 0 unspecified atom stereocenters. The predicted molar refractivity (Wildman–Crippen MR) is 102 cm³/mol.